The number of pyridine rings is 1. The molecule has 0 fully saturated rings. The van der Waals surface area contributed by atoms with Crippen molar-refractivity contribution in [3.8, 4) is 22.6 Å². The van der Waals surface area contributed by atoms with Gasteiger partial charge in [0.05, 0.1) is 12.8 Å². The first-order valence-corrected chi connectivity index (χ1v) is 7.82. The van der Waals surface area contributed by atoms with Crippen molar-refractivity contribution in [2.45, 2.75) is 6.92 Å². The van der Waals surface area contributed by atoms with Crippen LogP contribution in [-0.2, 0) is 4.79 Å². The highest BCUT2D eigenvalue weighted by molar-refractivity contribution is 5.88. The zero-order valence-corrected chi connectivity index (χ0v) is 14.0. The molecule has 0 atom stereocenters. The average molecular weight is 334 g/mol. The molecule has 1 heterocycles. The predicted molar refractivity (Wildman–Crippen MR) is 98.3 cm³/mol. The molecule has 0 aliphatic rings. The summed E-state index contributed by atoms with van der Waals surface area (Å²) >= 11 is 0. The third-order valence-corrected chi connectivity index (χ3v) is 3.77. The van der Waals surface area contributed by atoms with Crippen molar-refractivity contribution in [3.05, 3.63) is 77.2 Å². The van der Waals surface area contributed by atoms with E-state index in [2.05, 4.69) is 5.32 Å². The molecule has 0 spiro atoms. The summed E-state index contributed by atoms with van der Waals surface area (Å²) in [5.41, 5.74) is 2.92. The van der Waals surface area contributed by atoms with Gasteiger partial charge in [0.15, 0.2) is 0 Å². The van der Waals surface area contributed by atoms with Crippen molar-refractivity contribution in [2.75, 3.05) is 12.4 Å². The molecule has 1 N–H and O–H groups in total. The summed E-state index contributed by atoms with van der Waals surface area (Å²) in [6.45, 7) is 1.45. The van der Waals surface area contributed by atoms with E-state index in [-0.39, 0.29) is 11.5 Å². The number of amides is 1. The van der Waals surface area contributed by atoms with Crippen LogP contribution in [0.2, 0.25) is 0 Å². The molecule has 0 radical (unpaired) electrons. The first-order chi connectivity index (χ1) is 12.1. The lowest BCUT2D eigenvalue weighted by Gasteiger charge is -2.12. The van der Waals surface area contributed by atoms with Crippen LogP contribution in [0.4, 0.5) is 5.69 Å². The number of methoxy groups -OCH3 is 1. The highest BCUT2D eigenvalue weighted by Gasteiger charge is 2.08. The molecule has 3 aromatic rings. The van der Waals surface area contributed by atoms with Crippen molar-refractivity contribution in [1.82, 2.24) is 4.57 Å². The van der Waals surface area contributed by atoms with E-state index in [9.17, 15) is 9.59 Å². The maximum absolute atomic E-state index is 12.3. The van der Waals surface area contributed by atoms with Crippen LogP contribution in [0.15, 0.2) is 71.7 Å². The van der Waals surface area contributed by atoms with E-state index < -0.39 is 0 Å². The molecular formula is C20H18N2O3. The summed E-state index contributed by atoms with van der Waals surface area (Å²) in [5, 5.41) is 2.72. The van der Waals surface area contributed by atoms with E-state index in [1.807, 2.05) is 30.3 Å². The van der Waals surface area contributed by atoms with Crippen LogP contribution in [0.5, 0.6) is 5.75 Å². The van der Waals surface area contributed by atoms with Crippen molar-refractivity contribution in [2.24, 2.45) is 0 Å². The third-order valence-electron chi connectivity index (χ3n) is 3.77. The minimum atomic E-state index is -0.160. The number of nitrogens with zero attached hydrogens (tertiary/aromatic N) is 1. The molecular weight excluding hydrogens is 316 g/mol. The van der Waals surface area contributed by atoms with E-state index in [1.165, 1.54) is 13.0 Å². The number of rotatable bonds is 4. The Kier molecular flexibility index (Phi) is 4.66. The van der Waals surface area contributed by atoms with Gasteiger partial charge in [-0.2, -0.15) is 0 Å². The summed E-state index contributed by atoms with van der Waals surface area (Å²) in [7, 11) is 1.62. The molecule has 3 rings (SSSR count). The molecule has 2 aromatic carbocycles. The smallest absolute Gasteiger partial charge is 0.255 e. The van der Waals surface area contributed by atoms with E-state index in [4.69, 9.17) is 4.74 Å². The van der Waals surface area contributed by atoms with E-state index in [0.29, 0.717) is 11.4 Å². The monoisotopic (exact) mass is 334 g/mol. The Morgan fingerprint density at radius 1 is 1.04 bits per heavy atom. The number of hydrogen-bond donors (Lipinski definition) is 1. The second kappa shape index (κ2) is 7.05. The second-order valence-electron chi connectivity index (χ2n) is 5.56. The Morgan fingerprint density at radius 3 is 2.60 bits per heavy atom. The van der Waals surface area contributed by atoms with Crippen LogP contribution in [0.3, 0.4) is 0 Å². The molecule has 5 heteroatoms. The van der Waals surface area contributed by atoms with Gasteiger partial charge < -0.3 is 10.1 Å². The minimum absolute atomic E-state index is 0.154. The Hall–Kier alpha value is -3.34. The quantitative estimate of drug-likeness (QED) is 0.795. The zero-order chi connectivity index (χ0) is 17.8. The molecule has 0 saturated heterocycles. The molecule has 5 nitrogen and oxygen atoms in total. The van der Waals surface area contributed by atoms with Gasteiger partial charge >= 0.3 is 0 Å². The standard InChI is InChI=1S/C20H18N2O3/c1-14(23)21-16-6-5-7-17(12-16)22-13-15(10-11-20(22)24)18-8-3-4-9-19(18)25-2/h3-13H,1-2H3,(H,21,23). The Labute approximate surface area is 145 Å². The summed E-state index contributed by atoms with van der Waals surface area (Å²) in [5.74, 6) is 0.576. The lowest BCUT2D eigenvalue weighted by Crippen LogP contribution is -2.17. The molecule has 1 aromatic heterocycles. The van der Waals surface area contributed by atoms with Crippen molar-refractivity contribution in [3.63, 3.8) is 0 Å². The van der Waals surface area contributed by atoms with Gasteiger partial charge in [-0.1, -0.05) is 24.3 Å². The molecule has 0 aliphatic carbocycles. The Balaban J connectivity index is 2.09. The summed E-state index contributed by atoms with van der Waals surface area (Å²) in [4.78, 5) is 23.6. The van der Waals surface area contributed by atoms with Crippen LogP contribution in [-0.4, -0.2) is 17.6 Å². The fourth-order valence-corrected chi connectivity index (χ4v) is 2.67. The van der Waals surface area contributed by atoms with Crippen molar-refractivity contribution < 1.29 is 9.53 Å². The van der Waals surface area contributed by atoms with E-state index in [1.54, 1.807) is 42.1 Å². The fourth-order valence-electron chi connectivity index (χ4n) is 2.67. The summed E-state index contributed by atoms with van der Waals surface area (Å²) in [6, 6.07) is 18.1. The normalized spacial score (nSPS) is 10.3. The van der Waals surface area contributed by atoms with Gasteiger partial charge in [-0.3, -0.25) is 14.2 Å². The fraction of sp³-hybridized carbons (Fsp3) is 0.100. The van der Waals surface area contributed by atoms with Crippen LogP contribution in [0.1, 0.15) is 6.92 Å². The lowest BCUT2D eigenvalue weighted by molar-refractivity contribution is -0.114. The van der Waals surface area contributed by atoms with Gasteiger partial charge in [0.2, 0.25) is 5.91 Å². The highest BCUT2D eigenvalue weighted by atomic mass is 16.5. The zero-order valence-electron chi connectivity index (χ0n) is 14.0. The number of carbonyl (C=O) groups excluding carboxylic acids is 1. The SMILES string of the molecule is COc1ccccc1-c1ccc(=O)n(-c2cccc(NC(C)=O)c2)c1. The van der Waals surface area contributed by atoms with Gasteiger partial charge in [-0.25, -0.2) is 0 Å². The van der Waals surface area contributed by atoms with Gasteiger partial charge in [0.25, 0.3) is 5.56 Å². The molecule has 0 unspecified atom stereocenters. The minimum Gasteiger partial charge on any atom is -0.496 e. The number of para-hydroxylation sites is 1. The second-order valence-corrected chi connectivity index (χ2v) is 5.56. The number of benzene rings is 2. The lowest BCUT2D eigenvalue weighted by atomic mass is 10.1. The van der Waals surface area contributed by atoms with E-state index >= 15 is 0 Å². The van der Waals surface area contributed by atoms with Crippen LogP contribution in [0, 0.1) is 0 Å². The van der Waals surface area contributed by atoms with Crippen molar-refractivity contribution in [1.29, 1.82) is 0 Å². The maximum Gasteiger partial charge on any atom is 0.255 e. The number of nitrogens with one attached hydrogen (secondary N) is 1. The molecule has 0 bridgehead atoms. The highest BCUT2D eigenvalue weighted by Crippen LogP contribution is 2.29. The first-order valence-electron chi connectivity index (χ1n) is 7.82. The van der Waals surface area contributed by atoms with Gasteiger partial charge in [-0.05, 0) is 30.3 Å². The number of hydrogen-bond acceptors (Lipinski definition) is 3. The molecule has 1 amide bonds. The topological polar surface area (TPSA) is 60.3 Å². The molecule has 25 heavy (non-hydrogen) atoms. The summed E-state index contributed by atoms with van der Waals surface area (Å²) < 4.78 is 6.95. The van der Waals surface area contributed by atoms with Crippen LogP contribution < -0.4 is 15.6 Å². The number of aromatic nitrogens is 1. The molecule has 126 valence electrons. The number of anilines is 1. The number of carbonyl (C=O) groups is 1. The molecule has 0 saturated carbocycles. The molecule has 0 aliphatic heterocycles. The predicted octanol–water partition coefficient (Wildman–Crippen LogP) is 3.47. The average Bonchev–Trinajstić information content (AvgIpc) is 2.62. The van der Waals surface area contributed by atoms with Crippen molar-refractivity contribution >= 4 is 11.6 Å². The Bertz CT molecular complexity index is 976. The van der Waals surface area contributed by atoms with Gasteiger partial charge in [0.1, 0.15) is 5.75 Å². The van der Waals surface area contributed by atoms with Gasteiger partial charge in [0, 0.05) is 36.0 Å². The largest absolute Gasteiger partial charge is 0.496 e. The van der Waals surface area contributed by atoms with E-state index in [0.717, 1.165) is 16.9 Å². The van der Waals surface area contributed by atoms with Crippen LogP contribution in [0.25, 0.3) is 16.8 Å². The van der Waals surface area contributed by atoms with Gasteiger partial charge in [-0.15, -0.1) is 0 Å². The maximum atomic E-state index is 12.3. The number of ether oxygens (including phenoxy) is 1. The third kappa shape index (κ3) is 3.61. The Morgan fingerprint density at radius 2 is 1.84 bits per heavy atom. The summed E-state index contributed by atoms with van der Waals surface area (Å²) in [6.07, 6.45) is 1.77. The first kappa shape index (κ1) is 16.5. The van der Waals surface area contributed by atoms with Crippen LogP contribution >= 0.6 is 0 Å².